The molecule has 0 saturated carbocycles. The largest absolute Gasteiger partial charge is 0.478 e. The lowest BCUT2D eigenvalue weighted by atomic mass is 10.2. The number of hydrogen-bond acceptors (Lipinski definition) is 2. The van der Waals surface area contributed by atoms with Gasteiger partial charge in [0.1, 0.15) is 5.56 Å². The van der Waals surface area contributed by atoms with Gasteiger partial charge in [0.25, 0.3) is 0 Å². The maximum Gasteiger partial charge on any atom is 0.339 e. The summed E-state index contributed by atoms with van der Waals surface area (Å²) < 4.78 is 0. The third-order valence-electron chi connectivity index (χ3n) is 1.59. The van der Waals surface area contributed by atoms with Gasteiger partial charge in [0.15, 0.2) is 0 Å². The molecule has 70 valence electrons. The maximum absolute atomic E-state index is 10.8. The van der Waals surface area contributed by atoms with Gasteiger partial charge in [-0.05, 0) is 19.1 Å². The second-order valence-electron chi connectivity index (χ2n) is 2.50. The first-order chi connectivity index (χ1) is 6.16. The van der Waals surface area contributed by atoms with Gasteiger partial charge < -0.3 is 10.4 Å². The summed E-state index contributed by atoms with van der Waals surface area (Å²) in [6, 6.07) is 4.97. The average Bonchev–Trinajstić information content (AvgIpc) is 2.04. The highest BCUT2D eigenvalue weighted by Crippen LogP contribution is 2.23. The van der Waals surface area contributed by atoms with Crippen LogP contribution in [0.25, 0.3) is 0 Å². The molecule has 0 radical (unpaired) electrons. The van der Waals surface area contributed by atoms with Crippen LogP contribution in [0.15, 0.2) is 18.2 Å². The molecule has 0 aliphatic carbocycles. The van der Waals surface area contributed by atoms with Gasteiger partial charge in [-0.25, -0.2) is 4.79 Å². The lowest BCUT2D eigenvalue weighted by Gasteiger charge is -2.07. The van der Waals surface area contributed by atoms with Crippen LogP contribution in [0.2, 0.25) is 5.02 Å². The molecule has 0 heterocycles. The summed E-state index contributed by atoms with van der Waals surface area (Å²) in [6.07, 6.45) is 0. The molecule has 0 fully saturated rings. The Bertz CT molecular complexity index is 325. The van der Waals surface area contributed by atoms with Gasteiger partial charge in [0.05, 0.1) is 10.7 Å². The van der Waals surface area contributed by atoms with Crippen molar-refractivity contribution >= 4 is 23.3 Å². The number of rotatable bonds is 3. The van der Waals surface area contributed by atoms with Crippen molar-refractivity contribution in [2.45, 2.75) is 6.92 Å². The molecule has 0 atom stereocenters. The van der Waals surface area contributed by atoms with E-state index in [0.29, 0.717) is 12.2 Å². The number of anilines is 1. The van der Waals surface area contributed by atoms with Crippen LogP contribution < -0.4 is 5.32 Å². The zero-order chi connectivity index (χ0) is 9.84. The van der Waals surface area contributed by atoms with Crippen LogP contribution in [-0.2, 0) is 0 Å². The fourth-order valence-electron chi connectivity index (χ4n) is 1.08. The van der Waals surface area contributed by atoms with Gasteiger partial charge in [-0.2, -0.15) is 0 Å². The molecule has 3 nitrogen and oxygen atoms in total. The van der Waals surface area contributed by atoms with Gasteiger partial charge in [-0.15, -0.1) is 0 Å². The van der Waals surface area contributed by atoms with Gasteiger partial charge in [0.2, 0.25) is 0 Å². The van der Waals surface area contributed by atoms with E-state index in [9.17, 15) is 4.79 Å². The third kappa shape index (κ3) is 2.12. The van der Waals surface area contributed by atoms with E-state index in [2.05, 4.69) is 5.32 Å². The van der Waals surface area contributed by atoms with Crippen molar-refractivity contribution in [2.75, 3.05) is 11.9 Å². The first-order valence-corrected chi connectivity index (χ1v) is 4.30. The van der Waals surface area contributed by atoms with E-state index >= 15 is 0 Å². The first-order valence-electron chi connectivity index (χ1n) is 3.92. The van der Waals surface area contributed by atoms with Crippen LogP contribution in [-0.4, -0.2) is 17.6 Å². The molecule has 1 aromatic rings. The smallest absolute Gasteiger partial charge is 0.339 e. The zero-order valence-electron chi connectivity index (χ0n) is 7.17. The molecular formula is C9H10ClNO2. The number of nitrogens with one attached hydrogen (secondary N) is 1. The summed E-state index contributed by atoms with van der Waals surface area (Å²) in [7, 11) is 0. The minimum atomic E-state index is -1.01. The Morgan fingerprint density at radius 2 is 2.31 bits per heavy atom. The summed E-state index contributed by atoms with van der Waals surface area (Å²) in [6.45, 7) is 2.56. The van der Waals surface area contributed by atoms with Gasteiger partial charge >= 0.3 is 5.97 Å². The average molecular weight is 200 g/mol. The highest BCUT2D eigenvalue weighted by Gasteiger charge is 2.12. The fourth-order valence-corrected chi connectivity index (χ4v) is 1.33. The molecule has 13 heavy (non-hydrogen) atoms. The van der Waals surface area contributed by atoms with Crippen molar-refractivity contribution in [1.82, 2.24) is 0 Å². The van der Waals surface area contributed by atoms with Crippen LogP contribution in [0.5, 0.6) is 0 Å². The second-order valence-corrected chi connectivity index (χ2v) is 2.91. The molecule has 1 rings (SSSR count). The quantitative estimate of drug-likeness (QED) is 0.786. The van der Waals surface area contributed by atoms with Gasteiger partial charge in [-0.3, -0.25) is 0 Å². The molecule has 0 spiro atoms. The van der Waals surface area contributed by atoms with Crippen LogP contribution in [0.3, 0.4) is 0 Å². The lowest BCUT2D eigenvalue weighted by Crippen LogP contribution is -2.06. The number of halogens is 1. The predicted molar refractivity (Wildman–Crippen MR) is 52.6 cm³/mol. The van der Waals surface area contributed by atoms with Crippen molar-refractivity contribution < 1.29 is 9.90 Å². The van der Waals surface area contributed by atoms with E-state index in [-0.39, 0.29) is 10.6 Å². The number of carboxylic acid groups (broad SMARTS) is 1. The minimum Gasteiger partial charge on any atom is -0.478 e. The van der Waals surface area contributed by atoms with Crippen LogP contribution in [0.4, 0.5) is 5.69 Å². The molecule has 0 unspecified atom stereocenters. The molecule has 0 aromatic heterocycles. The molecular weight excluding hydrogens is 190 g/mol. The van der Waals surface area contributed by atoms with E-state index in [1.54, 1.807) is 18.2 Å². The normalized spacial score (nSPS) is 9.69. The van der Waals surface area contributed by atoms with Crippen molar-refractivity contribution in [3.05, 3.63) is 28.8 Å². The first kappa shape index (κ1) is 9.86. The third-order valence-corrected chi connectivity index (χ3v) is 1.91. The highest BCUT2D eigenvalue weighted by atomic mass is 35.5. The topological polar surface area (TPSA) is 49.3 Å². The van der Waals surface area contributed by atoms with E-state index in [1.165, 1.54) is 0 Å². The number of aromatic carboxylic acids is 1. The summed E-state index contributed by atoms with van der Waals surface area (Å²) in [4.78, 5) is 10.8. The van der Waals surface area contributed by atoms with Gasteiger partial charge in [-0.1, -0.05) is 17.7 Å². The summed E-state index contributed by atoms with van der Waals surface area (Å²) in [5.41, 5.74) is 0.688. The van der Waals surface area contributed by atoms with Crippen LogP contribution in [0, 0.1) is 0 Å². The maximum atomic E-state index is 10.8. The highest BCUT2D eigenvalue weighted by molar-refractivity contribution is 6.34. The summed E-state index contributed by atoms with van der Waals surface area (Å²) >= 11 is 5.74. The Kier molecular flexibility index (Phi) is 3.14. The minimum absolute atomic E-state index is 0.131. The molecule has 0 aliphatic heterocycles. The summed E-state index contributed by atoms with van der Waals surface area (Å²) in [5, 5.41) is 12.0. The molecule has 1 aromatic carbocycles. The van der Waals surface area contributed by atoms with Crippen molar-refractivity contribution in [3.8, 4) is 0 Å². The van der Waals surface area contributed by atoms with Gasteiger partial charge in [0, 0.05) is 6.54 Å². The van der Waals surface area contributed by atoms with E-state index in [0.717, 1.165) is 0 Å². The predicted octanol–water partition coefficient (Wildman–Crippen LogP) is 2.47. The van der Waals surface area contributed by atoms with Crippen molar-refractivity contribution in [1.29, 1.82) is 0 Å². The second kappa shape index (κ2) is 4.14. The van der Waals surface area contributed by atoms with Crippen molar-refractivity contribution in [3.63, 3.8) is 0 Å². The Hall–Kier alpha value is -1.22. The number of carboxylic acids is 1. The number of benzene rings is 1. The number of carbonyl (C=O) groups is 1. The Labute approximate surface area is 81.3 Å². The Balaban J connectivity index is 3.17. The van der Waals surface area contributed by atoms with E-state index < -0.39 is 5.97 Å². The van der Waals surface area contributed by atoms with E-state index in [4.69, 9.17) is 16.7 Å². The molecule has 0 bridgehead atoms. The lowest BCUT2D eigenvalue weighted by molar-refractivity contribution is 0.0698. The van der Waals surface area contributed by atoms with Crippen LogP contribution in [0.1, 0.15) is 17.3 Å². The number of hydrogen-bond donors (Lipinski definition) is 2. The fraction of sp³-hybridized carbons (Fsp3) is 0.222. The molecule has 0 aliphatic rings. The van der Waals surface area contributed by atoms with Crippen LogP contribution >= 0.6 is 11.6 Å². The monoisotopic (exact) mass is 199 g/mol. The Morgan fingerprint density at radius 3 is 2.85 bits per heavy atom. The SMILES string of the molecule is CCNc1cccc(Cl)c1C(=O)O. The summed E-state index contributed by atoms with van der Waals surface area (Å²) in [5.74, 6) is -1.01. The Morgan fingerprint density at radius 1 is 1.62 bits per heavy atom. The molecule has 2 N–H and O–H groups in total. The standard InChI is InChI=1S/C9H10ClNO2/c1-2-11-7-5-3-4-6(10)8(7)9(12)13/h3-5,11H,2H2,1H3,(H,12,13). The molecule has 4 heteroatoms. The zero-order valence-corrected chi connectivity index (χ0v) is 7.93. The molecule has 0 amide bonds. The van der Waals surface area contributed by atoms with E-state index in [1.807, 2.05) is 6.92 Å². The van der Waals surface area contributed by atoms with Crippen molar-refractivity contribution in [2.24, 2.45) is 0 Å². The molecule has 0 saturated heterocycles.